The molecule has 0 saturated carbocycles. The molecule has 0 aromatic rings. The minimum atomic E-state index is -0.888. The molecule has 0 aliphatic heterocycles. The molecule has 0 rings (SSSR count). The van der Waals surface area contributed by atoms with E-state index in [9.17, 15) is 28.8 Å². The summed E-state index contributed by atoms with van der Waals surface area (Å²) < 4.78 is 33.4. The maximum atomic E-state index is 13.0. The fraction of sp³-hybridized carbons (Fsp3) is 0.810. The molecule has 0 bridgehead atoms. The van der Waals surface area contributed by atoms with Gasteiger partial charge in [-0.15, -0.1) is 0 Å². The number of esters is 6. The van der Waals surface area contributed by atoms with Gasteiger partial charge in [0.05, 0.1) is 19.6 Å². The highest BCUT2D eigenvalue weighted by atomic mass is 16.6. The summed E-state index contributed by atoms with van der Waals surface area (Å²) in [6, 6.07) is 0. The van der Waals surface area contributed by atoms with Crippen molar-refractivity contribution in [2.75, 3.05) is 32.8 Å². The minimum Gasteiger partial charge on any atom is -0.462 e. The van der Waals surface area contributed by atoms with Crippen LogP contribution >= 0.6 is 0 Å². The normalized spacial score (nSPS) is 12.8. The van der Waals surface area contributed by atoms with E-state index in [0.29, 0.717) is 38.5 Å². The van der Waals surface area contributed by atoms with Crippen LogP contribution in [0, 0.1) is 0 Å². The first-order valence-corrected chi connectivity index (χ1v) is 31.2. The molecule has 0 aliphatic carbocycles. The van der Waals surface area contributed by atoms with Crippen molar-refractivity contribution in [1.29, 1.82) is 0 Å². The van der Waals surface area contributed by atoms with Gasteiger partial charge in [-0.25, -0.2) is 0 Å². The standard InChI is InChI=1S/C63H113N3O12/c1-4-7-10-31-40-54(75-61(70)49-64)43-34-25-19-13-16-22-28-37-46-58(67)73-52-57(78-60(69)48-39-30-24-18-15-21-27-36-45-56(77-63(72)51-66)42-33-12-9-6-3)53-74-59(68)47-38-29-23-17-14-20-26-35-44-55(76-62(71)50-65)41-32-11-8-5-2/h25-27,34-36,54-57H,4-24,28-33,37-53,64-66H2,1-3H3/b34-25-,35-26-,36-27-/t54-,55-,56-/m1/s1. The van der Waals surface area contributed by atoms with Crippen LogP contribution in [-0.2, 0) is 57.2 Å². The van der Waals surface area contributed by atoms with Crippen molar-refractivity contribution >= 4 is 35.8 Å². The van der Waals surface area contributed by atoms with E-state index in [1.165, 1.54) is 19.3 Å². The Bertz CT molecular complexity index is 1500. The molecule has 15 heteroatoms. The summed E-state index contributed by atoms with van der Waals surface area (Å²) in [5, 5.41) is 0. The molecule has 0 aromatic carbocycles. The van der Waals surface area contributed by atoms with E-state index in [2.05, 4.69) is 57.2 Å². The van der Waals surface area contributed by atoms with Gasteiger partial charge in [-0.05, 0) is 96.3 Å². The predicted octanol–water partition coefficient (Wildman–Crippen LogP) is 13.5. The number of unbranched alkanes of at least 4 members (excludes halogenated alkanes) is 24. The van der Waals surface area contributed by atoms with Crippen LogP contribution in [0.4, 0.5) is 0 Å². The molecule has 0 aliphatic rings. The maximum absolute atomic E-state index is 13.0. The van der Waals surface area contributed by atoms with Gasteiger partial charge >= 0.3 is 35.8 Å². The molecule has 0 saturated heterocycles. The molecular weight excluding hydrogens is 991 g/mol. The molecule has 0 fully saturated rings. The van der Waals surface area contributed by atoms with Gasteiger partial charge in [0.15, 0.2) is 6.10 Å². The Labute approximate surface area is 473 Å². The summed E-state index contributed by atoms with van der Waals surface area (Å²) in [4.78, 5) is 73.8. The van der Waals surface area contributed by atoms with E-state index in [0.717, 1.165) is 173 Å². The third-order valence-corrected chi connectivity index (χ3v) is 13.6. The lowest BCUT2D eigenvalue weighted by molar-refractivity contribution is -0.167. The monoisotopic (exact) mass is 1100 g/mol. The Hall–Kier alpha value is -4.08. The van der Waals surface area contributed by atoms with Gasteiger partial charge < -0.3 is 45.6 Å². The number of ether oxygens (including phenoxy) is 6. The zero-order valence-corrected chi connectivity index (χ0v) is 49.5. The first-order chi connectivity index (χ1) is 38.0. The van der Waals surface area contributed by atoms with Crippen molar-refractivity contribution < 1.29 is 57.2 Å². The van der Waals surface area contributed by atoms with Crippen LogP contribution in [0.5, 0.6) is 0 Å². The maximum Gasteiger partial charge on any atom is 0.319 e. The Balaban J connectivity index is 4.87. The molecule has 78 heavy (non-hydrogen) atoms. The Kier molecular flexibility index (Phi) is 53.3. The highest BCUT2D eigenvalue weighted by molar-refractivity contribution is 5.72. The lowest BCUT2D eigenvalue weighted by Gasteiger charge is -2.18. The second kappa shape index (κ2) is 56.2. The highest BCUT2D eigenvalue weighted by Crippen LogP contribution is 2.18. The summed E-state index contributed by atoms with van der Waals surface area (Å²) in [6.45, 7) is 5.86. The first-order valence-electron chi connectivity index (χ1n) is 31.2. The average molecular weight is 1100 g/mol. The van der Waals surface area contributed by atoms with E-state index in [1.54, 1.807) is 0 Å². The molecule has 0 heterocycles. The molecule has 0 spiro atoms. The van der Waals surface area contributed by atoms with Gasteiger partial charge in [-0.1, -0.05) is 173 Å². The second-order valence-corrected chi connectivity index (χ2v) is 21.0. The number of carbonyl (C=O) groups is 6. The van der Waals surface area contributed by atoms with Crippen LogP contribution in [0.3, 0.4) is 0 Å². The fourth-order valence-corrected chi connectivity index (χ4v) is 8.93. The first kappa shape index (κ1) is 73.9. The smallest absolute Gasteiger partial charge is 0.319 e. The quantitative estimate of drug-likeness (QED) is 0.0222. The summed E-state index contributed by atoms with van der Waals surface area (Å²) >= 11 is 0. The molecule has 3 atom stereocenters. The van der Waals surface area contributed by atoms with Gasteiger partial charge in [-0.2, -0.15) is 0 Å². The van der Waals surface area contributed by atoms with E-state index in [1.807, 2.05) is 0 Å². The molecule has 15 nitrogen and oxygen atoms in total. The molecule has 6 N–H and O–H groups in total. The molecular formula is C63H113N3O12. The zero-order valence-electron chi connectivity index (χ0n) is 49.5. The van der Waals surface area contributed by atoms with Gasteiger partial charge in [0.25, 0.3) is 0 Å². The van der Waals surface area contributed by atoms with E-state index < -0.39 is 12.1 Å². The lowest BCUT2D eigenvalue weighted by Crippen LogP contribution is -2.30. The van der Waals surface area contributed by atoms with Crippen molar-refractivity contribution in [2.45, 2.75) is 296 Å². The second-order valence-electron chi connectivity index (χ2n) is 21.0. The average Bonchev–Trinajstić information content (AvgIpc) is 3.43. The van der Waals surface area contributed by atoms with E-state index in [4.69, 9.17) is 45.6 Å². The van der Waals surface area contributed by atoms with Crippen molar-refractivity contribution in [3.05, 3.63) is 36.5 Å². The van der Waals surface area contributed by atoms with Crippen molar-refractivity contribution in [3.63, 3.8) is 0 Å². The molecule has 0 unspecified atom stereocenters. The number of rotatable bonds is 56. The van der Waals surface area contributed by atoms with Gasteiger partial charge in [0.2, 0.25) is 0 Å². The van der Waals surface area contributed by atoms with E-state index in [-0.39, 0.29) is 100 Å². The van der Waals surface area contributed by atoms with Gasteiger partial charge in [0.1, 0.15) is 31.5 Å². The fourth-order valence-electron chi connectivity index (χ4n) is 8.93. The summed E-state index contributed by atoms with van der Waals surface area (Å²) in [5.74, 6) is -2.23. The highest BCUT2D eigenvalue weighted by Gasteiger charge is 2.20. The predicted molar refractivity (Wildman–Crippen MR) is 313 cm³/mol. The molecule has 0 radical (unpaired) electrons. The van der Waals surface area contributed by atoms with Crippen molar-refractivity contribution in [1.82, 2.24) is 0 Å². The molecule has 0 amide bonds. The molecule has 452 valence electrons. The Morgan fingerprint density at radius 3 is 0.885 bits per heavy atom. The number of hydrogen-bond donors (Lipinski definition) is 3. The van der Waals surface area contributed by atoms with Crippen LogP contribution in [0.15, 0.2) is 36.5 Å². The lowest BCUT2D eigenvalue weighted by atomic mass is 10.1. The summed E-state index contributed by atoms with van der Waals surface area (Å²) in [6.07, 6.45) is 47.0. The zero-order chi connectivity index (χ0) is 57.4. The van der Waals surface area contributed by atoms with Crippen LogP contribution in [-0.4, -0.2) is 93.1 Å². The van der Waals surface area contributed by atoms with Crippen LogP contribution in [0.1, 0.15) is 271 Å². The largest absolute Gasteiger partial charge is 0.462 e. The van der Waals surface area contributed by atoms with E-state index >= 15 is 0 Å². The SMILES string of the molecule is CCCCCC[C@H](C/C=C\CCCCCCCC(=O)OCC(COC(=O)CCCCCCC/C=C\C[C@@H](CCCCCC)OC(=O)CN)OC(=O)CCCCCCC/C=C\C[C@@H](CCCCCC)OC(=O)CN)OC(=O)CN. The topological polar surface area (TPSA) is 236 Å². The van der Waals surface area contributed by atoms with Crippen LogP contribution < -0.4 is 17.2 Å². The van der Waals surface area contributed by atoms with Crippen LogP contribution in [0.25, 0.3) is 0 Å². The Morgan fingerprint density at radius 1 is 0.308 bits per heavy atom. The number of hydrogen-bond acceptors (Lipinski definition) is 15. The number of allylic oxidation sites excluding steroid dienone is 3. The van der Waals surface area contributed by atoms with Crippen molar-refractivity contribution in [3.8, 4) is 0 Å². The van der Waals surface area contributed by atoms with Crippen LogP contribution in [0.2, 0.25) is 0 Å². The minimum absolute atomic E-state index is 0.103. The van der Waals surface area contributed by atoms with Crippen molar-refractivity contribution in [2.24, 2.45) is 17.2 Å². The number of carbonyl (C=O) groups excluding carboxylic acids is 6. The number of nitrogens with two attached hydrogens (primary N) is 3. The van der Waals surface area contributed by atoms with Gasteiger partial charge in [0, 0.05) is 38.5 Å². The summed E-state index contributed by atoms with van der Waals surface area (Å²) in [5.41, 5.74) is 16.4. The Morgan fingerprint density at radius 2 is 0.577 bits per heavy atom. The molecule has 0 aromatic heterocycles. The summed E-state index contributed by atoms with van der Waals surface area (Å²) in [7, 11) is 0. The third-order valence-electron chi connectivity index (χ3n) is 13.6. The third kappa shape index (κ3) is 50.2. The van der Waals surface area contributed by atoms with Gasteiger partial charge in [-0.3, -0.25) is 28.8 Å².